The van der Waals surface area contributed by atoms with Gasteiger partial charge in [-0.25, -0.2) is 13.8 Å². The van der Waals surface area contributed by atoms with Crippen LogP contribution in [0.3, 0.4) is 0 Å². The highest BCUT2D eigenvalue weighted by atomic mass is 32.2. The van der Waals surface area contributed by atoms with E-state index in [1.54, 1.807) is 4.90 Å². The van der Waals surface area contributed by atoms with Gasteiger partial charge in [0.05, 0.1) is 29.0 Å². The number of benzene rings is 1. The standard InChI is InChI=1S/C15H17F2N3O2S/c1-8-5-20(6-9(2)22-8)14(21)7-23-15-18-12-3-10(16)11(17)4-13(12)19-15/h3-4,8-9H,5-7H2,1-2H3,(H,18,19). The van der Waals surface area contributed by atoms with E-state index in [4.69, 9.17) is 4.74 Å². The van der Waals surface area contributed by atoms with Crippen LogP contribution in [0.1, 0.15) is 13.8 Å². The fraction of sp³-hybridized carbons (Fsp3) is 0.467. The molecule has 0 saturated carbocycles. The minimum absolute atomic E-state index is 0.00480. The van der Waals surface area contributed by atoms with Crippen LogP contribution in [0.4, 0.5) is 8.78 Å². The van der Waals surface area contributed by atoms with Crippen LogP contribution >= 0.6 is 11.8 Å². The molecule has 124 valence electrons. The summed E-state index contributed by atoms with van der Waals surface area (Å²) < 4.78 is 32.0. The van der Waals surface area contributed by atoms with Crippen LogP contribution in [0.25, 0.3) is 11.0 Å². The van der Waals surface area contributed by atoms with Crippen molar-refractivity contribution in [2.24, 2.45) is 0 Å². The SMILES string of the molecule is CC1CN(C(=O)CSc2nc3cc(F)c(F)cc3[nH]2)CC(C)O1. The van der Waals surface area contributed by atoms with Gasteiger partial charge in [0.1, 0.15) is 0 Å². The Kier molecular flexibility index (Phi) is 4.54. The molecule has 0 aliphatic carbocycles. The molecular formula is C15H17F2N3O2S. The van der Waals surface area contributed by atoms with Crippen LogP contribution in [0.2, 0.25) is 0 Å². The molecule has 2 unspecified atom stereocenters. The number of halogens is 2. The van der Waals surface area contributed by atoms with E-state index < -0.39 is 11.6 Å². The van der Waals surface area contributed by atoms with Gasteiger partial charge in [0.25, 0.3) is 0 Å². The number of morpholine rings is 1. The predicted octanol–water partition coefficient (Wildman–Crippen LogP) is 2.57. The number of ether oxygens (including phenoxy) is 1. The van der Waals surface area contributed by atoms with Crippen molar-refractivity contribution in [2.75, 3.05) is 18.8 Å². The normalized spacial score (nSPS) is 21.8. The Morgan fingerprint density at radius 3 is 2.70 bits per heavy atom. The summed E-state index contributed by atoms with van der Waals surface area (Å²) in [5.74, 6) is -1.66. The minimum Gasteiger partial charge on any atom is -0.372 e. The molecule has 1 N–H and O–H groups in total. The molecule has 23 heavy (non-hydrogen) atoms. The number of hydrogen-bond donors (Lipinski definition) is 1. The van der Waals surface area contributed by atoms with Crippen LogP contribution in [-0.4, -0.2) is 51.8 Å². The molecule has 2 heterocycles. The van der Waals surface area contributed by atoms with Crippen molar-refractivity contribution < 1.29 is 18.3 Å². The van der Waals surface area contributed by atoms with Crippen LogP contribution < -0.4 is 0 Å². The van der Waals surface area contributed by atoms with Crippen molar-refractivity contribution in [2.45, 2.75) is 31.2 Å². The lowest BCUT2D eigenvalue weighted by Gasteiger charge is -2.35. The summed E-state index contributed by atoms with van der Waals surface area (Å²) in [7, 11) is 0. The van der Waals surface area contributed by atoms with E-state index in [0.29, 0.717) is 29.3 Å². The van der Waals surface area contributed by atoms with Crippen molar-refractivity contribution in [1.82, 2.24) is 14.9 Å². The zero-order valence-corrected chi connectivity index (χ0v) is 13.6. The van der Waals surface area contributed by atoms with Gasteiger partial charge >= 0.3 is 0 Å². The second-order valence-corrected chi connectivity index (χ2v) is 6.63. The van der Waals surface area contributed by atoms with Crippen LogP contribution in [0, 0.1) is 11.6 Å². The van der Waals surface area contributed by atoms with Gasteiger partial charge in [-0.3, -0.25) is 4.79 Å². The number of imidazole rings is 1. The first-order valence-corrected chi connectivity index (χ1v) is 8.31. The van der Waals surface area contributed by atoms with E-state index in [9.17, 15) is 13.6 Å². The number of thioether (sulfide) groups is 1. The van der Waals surface area contributed by atoms with Crippen molar-refractivity contribution >= 4 is 28.7 Å². The highest BCUT2D eigenvalue weighted by Gasteiger charge is 2.25. The molecule has 1 aliphatic rings. The van der Waals surface area contributed by atoms with E-state index in [2.05, 4.69) is 9.97 Å². The molecule has 3 rings (SSSR count). The molecule has 5 nitrogen and oxygen atoms in total. The lowest BCUT2D eigenvalue weighted by molar-refractivity contribution is -0.140. The molecule has 2 aromatic rings. The van der Waals surface area contributed by atoms with Crippen LogP contribution in [0.15, 0.2) is 17.3 Å². The van der Waals surface area contributed by atoms with E-state index in [-0.39, 0.29) is 23.9 Å². The van der Waals surface area contributed by atoms with Gasteiger partial charge in [0.2, 0.25) is 5.91 Å². The Labute approximate surface area is 136 Å². The molecule has 8 heteroatoms. The van der Waals surface area contributed by atoms with Gasteiger partial charge in [-0.1, -0.05) is 11.8 Å². The third-order valence-electron chi connectivity index (χ3n) is 3.61. The average Bonchev–Trinajstić information content (AvgIpc) is 2.86. The van der Waals surface area contributed by atoms with Gasteiger partial charge in [0, 0.05) is 25.2 Å². The maximum absolute atomic E-state index is 13.2. The number of nitrogens with zero attached hydrogens (tertiary/aromatic N) is 2. The monoisotopic (exact) mass is 341 g/mol. The Bertz CT molecular complexity index is 688. The number of rotatable bonds is 3. The number of nitrogens with one attached hydrogen (secondary N) is 1. The Morgan fingerprint density at radius 2 is 2.00 bits per heavy atom. The zero-order chi connectivity index (χ0) is 16.6. The molecule has 1 aromatic carbocycles. The molecule has 1 saturated heterocycles. The lowest BCUT2D eigenvalue weighted by Crippen LogP contribution is -2.48. The summed E-state index contributed by atoms with van der Waals surface area (Å²) in [6.45, 7) is 5.01. The molecule has 2 atom stereocenters. The van der Waals surface area contributed by atoms with Crippen molar-refractivity contribution in [3.8, 4) is 0 Å². The number of carbonyl (C=O) groups excluding carboxylic acids is 1. The summed E-state index contributed by atoms with van der Waals surface area (Å²) in [4.78, 5) is 21.1. The molecule has 0 spiro atoms. The van der Waals surface area contributed by atoms with Crippen LogP contribution in [-0.2, 0) is 9.53 Å². The second-order valence-electron chi connectivity index (χ2n) is 5.67. The molecule has 1 fully saturated rings. The Balaban J connectivity index is 1.65. The minimum atomic E-state index is -0.937. The second kappa shape index (κ2) is 6.45. The number of fused-ring (bicyclic) bond motifs is 1. The molecule has 1 aromatic heterocycles. The summed E-state index contributed by atoms with van der Waals surface area (Å²) in [6.07, 6.45) is 0.0368. The van der Waals surface area contributed by atoms with Gasteiger partial charge in [-0.05, 0) is 13.8 Å². The molecule has 1 aliphatic heterocycles. The van der Waals surface area contributed by atoms with Gasteiger partial charge in [0.15, 0.2) is 16.8 Å². The zero-order valence-electron chi connectivity index (χ0n) is 12.8. The van der Waals surface area contributed by atoms with Gasteiger partial charge in [-0.2, -0.15) is 0 Å². The number of amides is 1. The molecule has 1 amide bonds. The number of aromatic nitrogens is 2. The average molecular weight is 341 g/mol. The van der Waals surface area contributed by atoms with E-state index in [1.165, 1.54) is 11.8 Å². The van der Waals surface area contributed by atoms with Crippen molar-refractivity contribution in [3.05, 3.63) is 23.8 Å². The lowest BCUT2D eigenvalue weighted by atomic mass is 10.2. The first kappa shape index (κ1) is 16.2. The first-order valence-electron chi connectivity index (χ1n) is 7.33. The quantitative estimate of drug-likeness (QED) is 0.872. The molecule has 0 bridgehead atoms. The smallest absolute Gasteiger partial charge is 0.233 e. The van der Waals surface area contributed by atoms with Crippen LogP contribution in [0.5, 0.6) is 0 Å². The third-order valence-corrected chi connectivity index (χ3v) is 4.46. The fourth-order valence-electron chi connectivity index (χ4n) is 2.65. The number of aromatic amines is 1. The molecular weight excluding hydrogens is 324 g/mol. The highest BCUT2D eigenvalue weighted by Crippen LogP contribution is 2.22. The summed E-state index contributed by atoms with van der Waals surface area (Å²) in [6, 6.07) is 2.10. The summed E-state index contributed by atoms with van der Waals surface area (Å²) in [5, 5.41) is 0.465. The predicted molar refractivity (Wildman–Crippen MR) is 83.3 cm³/mol. The number of carbonyl (C=O) groups is 1. The highest BCUT2D eigenvalue weighted by molar-refractivity contribution is 7.99. The third kappa shape index (κ3) is 3.64. The Morgan fingerprint density at radius 1 is 1.35 bits per heavy atom. The van der Waals surface area contributed by atoms with Gasteiger partial charge < -0.3 is 14.6 Å². The van der Waals surface area contributed by atoms with E-state index >= 15 is 0 Å². The summed E-state index contributed by atoms with van der Waals surface area (Å²) in [5.41, 5.74) is 0.750. The van der Waals surface area contributed by atoms with Crippen molar-refractivity contribution in [3.63, 3.8) is 0 Å². The topological polar surface area (TPSA) is 58.2 Å². The van der Waals surface area contributed by atoms with E-state index in [1.807, 2.05) is 13.8 Å². The fourth-order valence-corrected chi connectivity index (χ4v) is 3.44. The maximum Gasteiger partial charge on any atom is 0.233 e. The number of hydrogen-bond acceptors (Lipinski definition) is 4. The number of H-pyrrole nitrogens is 1. The van der Waals surface area contributed by atoms with Crippen molar-refractivity contribution in [1.29, 1.82) is 0 Å². The van der Waals surface area contributed by atoms with Gasteiger partial charge in [-0.15, -0.1) is 0 Å². The summed E-state index contributed by atoms with van der Waals surface area (Å²) >= 11 is 1.22. The van der Waals surface area contributed by atoms with E-state index in [0.717, 1.165) is 12.1 Å². The Hall–Kier alpha value is -1.67. The largest absolute Gasteiger partial charge is 0.372 e. The first-order chi connectivity index (χ1) is 10.9. The maximum atomic E-state index is 13.2. The molecule has 0 radical (unpaired) electrons.